The second-order valence-electron chi connectivity index (χ2n) is 1.71. The third-order valence-corrected chi connectivity index (χ3v) is 1.21. The number of ether oxygens (including phenoxy) is 3. The number of methoxy groups -OCH3 is 2. The summed E-state index contributed by atoms with van der Waals surface area (Å²) in [6.45, 7) is 0.585. The summed E-state index contributed by atoms with van der Waals surface area (Å²) in [6.07, 6.45) is 1.57. The van der Waals surface area contributed by atoms with Crippen molar-refractivity contribution in [3.8, 4) is 0 Å². The molecule has 1 rings (SSSR count). The van der Waals surface area contributed by atoms with Gasteiger partial charge in [0.1, 0.15) is 5.76 Å². The lowest BCUT2D eigenvalue weighted by Crippen LogP contribution is -2.13. The average Bonchev–Trinajstić information content (AvgIpc) is 2.33. The van der Waals surface area contributed by atoms with Crippen LogP contribution >= 0.6 is 0 Å². The van der Waals surface area contributed by atoms with Gasteiger partial charge in [0.25, 0.3) is 0 Å². The number of hydrogen-bond acceptors (Lipinski definition) is 3. The summed E-state index contributed by atoms with van der Waals surface area (Å²) < 4.78 is 14.9. The maximum absolute atomic E-state index is 5.07. The molecule has 0 aromatic heterocycles. The molecule has 1 atom stereocenters. The molecule has 0 saturated carbocycles. The normalized spacial score (nSPS) is 26.0. The van der Waals surface area contributed by atoms with Gasteiger partial charge >= 0.3 is 0 Å². The first kappa shape index (κ1) is 6.58. The van der Waals surface area contributed by atoms with Gasteiger partial charge in [-0.05, 0) is 6.08 Å². The Morgan fingerprint density at radius 2 is 2.44 bits per heavy atom. The van der Waals surface area contributed by atoms with Crippen molar-refractivity contribution in [1.82, 2.24) is 0 Å². The van der Waals surface area contributed by atoms with Gasteiger partial charge in [-0.15, -0.1) is 0 Å². The monoisotopic (exact) mass is 130 g/mol. The number of rotatable bonds is 2. The van der Waals surface area contributed by atoms with Crippen LogP contribution in [0.15, 0.2) is 11.8 Å². The molecule has 9 heavy (non-hydrogen) atoms. The molecule has 3 heteroatoms. The van der Waals surface area contributed by atoms with Crippen LogP contribution < -0.4 is 0 Å². The van der Waals surface area contributed by atoms with Crippen LogP contribution in [-0.4, -0.2) is 27.1 Å². The van der Waals surface area contributed by atoms with Crippen molar-refractivity contribution in [2.24, 2.45) is 0 Å². The van der Waals surface area contributed by atoms with Gasteiger partial charge in [-0.3, -0.25) is 0 Å². The largest absolute Gasteiger partial charge is 0.496 e. The summed E-state index contributed by atoms with van der Waals surface area (Å²) in [5.74, 6) is 0.762. The lowest BCUT2D eigenvalue weighted by molar-refractivity contribution is -0.0961. The maximum Gasteiger partial charge on any atom is 0.216 e. The van der Waals surface area contributed by atoms with Gasteiger partial charge in [0.15, 0.2) is 0 Å². The fraction of sp³-hybridized carbons (Fsp3) is 0.667. The Morgan fingerprint density at radius 1 is 1.67 bits per heavy atom. The Hall–Kier alpha value is -0.540. The molecule has 0 radical (unpaired) electrons. The van der Waals surface area contributed by atoms with Gasteiger partial charge < -0.3 is 14.2 Å². The smallest absolute Gasteiger partial charge is 0.216 e. The zero-order valence-electron chi connectivity index (χ0n) is 5.59. The fourth-order valence-corrected chi connectivity index (χ4v) is 0.760. The van der Waals surface area contributed by atoms with Crippen LogP contribution in [0.2, 0.25) is 0 Å². The van der Waals surface area contributed by atoms with Gasteiger partial charge in [-0.2, -0.15) is 0 Å². The summed E-state index contributed by atoms with van der Waals surface area (Å²) >= 11 is 0. The SMILES string of the molecule is COC1=CCOC1OC. The molecule has 52 valence electrons. The lowest BCUT2D eigenvalue weighted by Gasteiger charge is -2.09. The molecule has 3 nitrogen and oxygen atoms in total. The topological polar surface area (TPSA) is 27.7 Å². The van der Waals surface area contributed by atoms with E-state index in [2.05, 4.69) is 0 Å². The van der Waals surface area contributed by atoms with E-state index in [0.717, 1.165) is 5.76 Å². The molecule has 0 saturated heterocycles. The molecule has 0 amide bonds. The highest BCUT2D eigenvalue weighted by atomic mass is 16.7. The minimum atomic E-state index is -0.282. The summed E-state index contributed by atoms with van der Waals surface area (Å²) in [6, 6.07) is 0. The van der Waals surface area contributed by atoms with Crippen molar-refractivity contribution in [1.29, 1.82) is 0 Å². The van der Waals surface area contributed by atoms with Crippen molar-refractivity contribution in [2.45, 2.75) is 6.29 Å². The highest BCUT2D eigenvalue weighted by Crippen LogP contribution is 2.14. The second kappa shape index (κ2) is 2.85. The van der Waals surface area contributed by atoms with E-state index >= 15 is 0 Å². The molecule has 0 fully saturated rings. The minimum absolute atomic E-state index is 0.282. The van der Waals surface area contributed by atoms with E-state index in [0.29, 0.717) is 6.61 Å². The summed E-state index contributed by atoms with van der Waals surface area (Å²) in [4.78, 5) is 0. The van der Waals surface area contributed by atoms with E-state index in [4.69, 9.17) is 14.2 Å². The Bertz CT molecular complexity index is 119. The molecule has 0 N–H and O–H groups in total. The third kappa shape index (κ3) is 1.23. The first-order chi connectivity index (χ1) is 4.38. The zero-order valence-corrected chi connectivity index (χ0v) is 5.59. The zero-order chi connectivity index (χ0) is 6.69. The van der Waals surface area contributed by atoms with E-state index in [1.54, 1.807) is 14.2 Å². The molecule has 0 bridgehead atoms. The van der Waals surface area contributed by atoms with Gasteiger partial charge in [0.2, 0.25) is 6.29 Å². The molecular formula is C6H10O3. The average molecular weight is 130 g/mol. The van der Waals surface area contributed by atoms with Gasteiger partial charge in [-0.25, -0.2) is 0 Å². The van der Waals surface area contributed by atoms with Crippen LogP contribution in [0.25, 0.3) is 0 Å². The first-order valence-corrected chi connectivity index (χ1v) is 2.77. The van der Waals surface area contributed by atoms with Crippen molar-refractivity contribution in [3.05, 3.63) is 11.8 Å². The van der Waals surface area contributed by atoms with Crippen molar-refractivity contribution >= 4 is 0 Å². The van der Waals surface area contributed by atoms with Crippen LogP contribution in [0.1, 0.15) is 0 Å². The molecule has 0 aromatic carbocycles. The Morgan fingerprint density at radius 3 is 2.89 bits per heavy atom. The van der Waals surface area contributed by atoms with Crippen LogP contribution in [0.3, 0.4) is 0 Å². The van der Waals surface area contributed by atoms with Crippen LogP contribution in [-0.2, 0) is 14.2 Å². The molecule has 1 heterocycles. The van der Waals surface area contributed by atoms with E-state index in [-0.39, 0.29) is 6.29 Å². The van der Waals surface area contributed by atoms with Gasteiger partial charge in [0.05, 0.1) is 13.7 Å². The Kier molecular flexibility index (Phi) is 2.08. The Balaban J connectivity index is 2.47. The van der Waals surface area contributed by atoms with Crippen molar-refractivity contribution in [3.63, 3.8) is 0 Å². The van der Waals surface area contributed by atoms with E-state index in [1.807, 2.05) is 6.08 Å². The second-order valence-corrected chi connectivity index (χ2v) is 1.71. The van der Waals surface area contributed by atoms with Gasteiger partial charge in [-0.1, -0.05) is 0 Å². The van der Waals surface area contributed by atoms with E-state index in [1.165, 1.54) is 0 Å². The predicted octanol–water partition coefficient (Wildman–Crippen LogP) is 0.519. The first-order valence-electron chi connectivity index (χ1n) is 2.77. The highest BCUT2D eigenvalue weighted by Gasteiger charge is 2.18. The van der Waals surface area contributed by atoms with Crippen LogP contribution in [0, 0.1) is 0 Å². The fourth-order valence-electron chi connectivity index (χ4n) is 0.760. The van der Waals surface area contributed by atoms with E-state index in [9.17, 15) is 0 Å². The third-order valence-electron chi connectivity index (χ3n) is 1.21. The summed E-state index contributed by atoms with van der Waals surface area (Å²) in [7, 11) is 3.19. The molecule has 1 unspecified atom stereocenters. The predicted molar refractivity (Wildman–Crippen MR) is 31.8 cm³/mol. The summed E-state index contributed by atoms with van der Waals surface area (Å²) in [5, 5.41) is 0. The molecule has 1 aliphatic rings. The molecular weight excluding hydrogens is 120 g/mol. The molecule has 0 spiro atoms. The lowest BCUT2D eigenvalue weighted by atomic mass is 10.5. The molecule has 1 aliphatic heterocycles. The molecule has 0 aliphatic carbocycles. The van der Waals surface area contributed by atoms with Crippen molar-refractivity contribution in [2.75, 3.05) is 20.8 Å². The Labute approximate surface area is 54.2 Å². The quantitative estimate of drug-likeness (QED) is 0.545. The van der Waals surface area contributed by atoms with Crippen LogP contribution in [0.4, 0.5) is 0 Å². The summed E-state index contributed by atoms with van der Waals surface area (Å²) in [5.41, 5.74) is 0. The van der Waals surface area contributed by atoms with E-state index < -0.39 is 0 Å². The number of hydrogen-bond donors (Lipinski definition) is 0. The molecule has 0 aromatic rings. The minimum Gasteiger partial charge on any atom is -0.496 e. The highest BCUT2D eigenvalue weighted by molar-refractivity contribution is 5.01. The maximum atomic E-state index is 5.07. The standard InChI is InChI=1S/C6H10O3/c1-7-5-3-4-9-6(5)8-2/h3,6H,4H2,1-2H3. The van der Waals surface area contributed by atoms with Gasteiger partial charge in [0, 0.05) is 7.11 Å². The van der Waals surface area contributed by atoms with Crippen molar-refractivity contribution < 1.29 is 14.2 Å². The van der Waals surface area contributed by atoms with Crippen LogP contribution in [0.5, 0.6) is 0 Å².